The molecular weight excluding hydrogens is 424 g/mol. The van der Waals surface area contributed by atoms with E-state index in [9.17, 15) is 0 Å². The molecule has 3 atom stereocenters. The number of unbranched alkanes of at least 4 members (excludes halogenated alkanes) is 2. The minimum absolute atomic E-state index is 0.00510. The van der Waals surface area contributed by atoms with Crippen LogP contribution in [0.3, 0.4) is 0 Å². The van der Waals surface area contributed by atoms with Gasteiger partial charge in [-0.25, -0.2) is 0 Å². The van der Waals surface area contributed by atoms with Gasteiger partial charge in [0.05, 0.1) is 25.4 Å². The van der Waals surface area contributed by atoms with Crippen molar-refractivity contribution in [2.45, 2.75) is 70.7 Å². The van der Waals surface area contributed by atoms with Gasteiger partial charge in [-0.3, -0.25) is 0 Å². The van der Waals surface area contributed by atoms with E-state index < -0.39 is 0 Å². The standard InChI is InChI=1S/C30H42O4/c1-5-7-10-19-28(33-23-25-15-11-8-12-16-25)21-20-27(6-2)29(22-30(31-3)32-4)34-24-26-17-13-9-14-18-26/h6,8-9,11-18,20-21,27-30H,2,5,7,10,19,22-24H2,1,3-4H3/t27-,28-,29+/m0/s1. The summed E-state index contributed by atoms with van der Waals surface area (Å²) < 4.78 is 23.6. The van der Waals surface area contributed by atoms with Crippen molar-refractivity contribution < 1.29 is 18.9 Å². The maximum Gasteiger partial charge on any atom is 0.159 e. The summed E-state index contributed by atoms with van der Waals surface area (Å²) in [5.74, 6) is 0.00510. The van der Waals surface area contributed by atoms with Gasteiger partial charge >= 0.3 is 0 Å². The van der Waals surface area contributed by atoms with Gasteiger partial charge < -0.3 is 18.9 Å². The zero-order valence-electron chi connectivity index (χ0n) is 21.1. The van der Waals surface area contributed by atoms with Gasteiger partial charge in [0.1, 0.15) is 0 Å². The quantitative estimate of drug-likeness (QED) is 0.133. The highest BCUT2D eigenvalue weighted by Gasteiger charge is 2.23. The van der Waals surface area contributed by atoms with E-state index in [-0.39, 0.29) is 24.4 Å². The first-order valence-corrected chi connectivity index (χ1v) is 12.4. The normalized spacial score (nSPS) is 14.4. The summed E-state index contributed by atoms with van der Waals surface area (Å²) in [5.41, 5.74) is 2.32. The molecule has 0 spiro atoms. The van der Waals surface area contributed by atoms with Crippen LogP contribution in [0.5, 0.6) is 0 Å². The molecule has 0 bridgehead atoms. The van der Waals surface area contributed by atoms with E-state index in [1.807, 2.05) is 42.5 Å². The van der Waals surface area contributed by atoms with E-state index in [0.717, 1.165) is 18.4 Å². The molecule has 186 valence electrons. The Morgan fingerprint density at radius 3 is 1.91 bits per heavy atom. The van der Waals surface area contributed by atoms with Gasteiger partial charge in [0.15, 0.2) is 6.29 Å². The van der Waals surface area contributed by atoms with Crippen LogP contribution in [0.15, 0.2) is 85.5 Å². The van der Waals surface area contributed by atoms with Crippen LogP contribution < -0.4 is 0 Å². The maximum atomic E-state index is 6.35. The van der Waals surface area contributed by atoms with Gasteiger partial charge in [-0.15, -0.1) is 6.58 Å². The van der Waals surface area contributed by atoms with E-state index >= 15 is 0 Å². The number of hydrogen-bond donors (Lipinski definition) is 0. The third kappa shape index (κ3) is 10.8. The van der Waals surface area contributed by atoms with Gasteiger partial charge in [-0.2, -0.15) is 0 Å². The van der Waals surface area contributed by atoms with Crippen LogP contribution in [0, 0.1) is 5.92 Å². The maximum absolute atomic E-state index is 6.35. The molecule has 2 aromatic rings. The molecule has 0 aromatic heterocycles. The van der Waals surface area contributed by atoms with Crippen molar-refractivity contribution >= 4 is 0 Å². The van der Waals surface area contributed by atoms with E-state index in [0.29, 0.717) is 19.6 Å². The molecule has 0 unspecified atom stereocenters. The van der Waals surface area contributed by atoms with Crippen LogP contribution in [0.2, 0.25) is 0 Å². The fourth-order valence-electron chi connectivity index (χ4n) is 3.81. The van der Waals surface area contributed by atoms with E-state index in [1.165, 1.54) is 18.4 Å². The van der Waals surface area contributed by atoms with Crippen LogP contribution in [0.4, 0.5) is 0 Å². The van der Waals surface area contributed by atoms with Crippen LogP contribution in [0.25, 0.3) is 0 Å². The molecule has 0 N–H and O–H groups in total. The van der Waals surface area contributed by atoms with Gasteiger partial charge in [-0.05, 0) is 17.5 Å². The van der Waals surface area contributed by atoms with Crippen molar-refractivity contribution in [2.24, 2.45) is 5.92 Å². The molecule has 0 saturated carbocycles. The van der Waals surface area contributed by atoms with Gasteiger partial charge in [-0.1, -0.05) is 105 Å². The first-order chi connectivity index (χ1) is 16.7. The second kappa shape index (κ2) is 17.2. The summed E-state index contributed by atoms with van der Waals surface area (Å²) in [6.07, 6.45) is 11.0. The smallest absolute Gasteiger partial charge is 0.159 e. The highest BCUT2D eigenvalue weighted by Crippen LogP contribution is 2.22. The molecule has 0 radical (unpaired) electrons. The fourth-order valence-corrected chi connectivity index (χ4v) is 3.81. The van der Waals surface area contributed by atoms with Gasteiger partial charge in [0, 0.05) is 26.6 Å². The van der Waals surface area contributed by atoms with Gasteiger partial charge in [0.25, 0.3) is 0 Å². The number of hydrogen-bond acceptors (Lipinski definition) is 4. The van der Waals surface area contributed by atoms with Crippen molar-refractivity contribution in [3.05, 3.63) is 96.6 Å². The topological polar surface area (TPSA) is 36.9 Å². The Balaban J connectivity index is 2.09. The first kappa shape index (κ1) is 28.0. The molecule has 0 fully saturated rings. The second-order valence-electron chi connectivity index (χ2n) is 8.50. The molecule has 0 heterocycles. The third-order valence-corrected chi connectivity index (χ3v) is 5.91. The van der Waals surface area contributed by atoms with Crippen LogP contribution >= 0.6 is 0 Å². The molecule has 2 rings (SSSR count). The van der Waals surface area contributed by atoms with Crippen LogP contribution in [-0.2, 0) is 32.2 Å². The van der Waals surface area contributed by atoms with E-state index in [1.54, 1.807) is 14.2 Å². The molecule has 0 aliphatic heterocycles. The van der Waals surface area contributed by atoms with Crippen molar-refractivity contribution in [1.82, 2.24) is 0 Å². The Kier molecular flexibility index (Phi) is 14.2. The predicted molar refractivity (Wildman–Crippen MR) is 139 cm³/mol. The Morgan fingerprint density at radius 1 is 0.794 bits per heavy atom. The van der Waals surface area contributed by atoms with Crippen LogP contribution in [-0.4, -0.2) is 32.7 Å². The molecule has 4 heteroatoms. The summed E-state index contributed by atoms with van der Waals surface area (Å²) in [6.45, 7) is 7.43. The lowest BCUT2D eigenvalue weighted by atomic mass is 9.97. The Morgan fingerprint density at radius 2 is 1.38 bits per heavy atom. The zero-order valence-corrected chi connectivity index (χ0v) is 21.1. The molecule has 4 nitrogen and oxygen atoms in total. The van der Waals surface area contributed by atoms with Crippen molar-refractivity contribution in [2.75, 3.05) is 14.2 Å². The number of benzene rings is 2. The highest BCUT2D eigenvalue weighted by atomic mass is 16.7. The van der Waals surface area contributed by atoms with Crippen molar-refractivity contribution in [3.63, 3.8) is 0 Å². The average molecular weight is 467 g/mol. The molecule has 0 saturated heterocycles. The van der Waals surface area contributed by atoms with Crippen molar-refractivity contribution in [3.8, 4) is 0 Å². The highest BCUT2D eigenvalue weighted by molar-refractivity contribution is 5.14. The Labute approximate surface area is 206 Å². The lowest BCUT2D eigenvalue weighted by Crippen LogP contribution is -2.29. The second-order valence-corrected chi connectivity index (χ2v) is 8.50. The number of ether oxygens (including phenoxy) is 4. The SMILES string of the molecule is C=C[C@@H](C=C[C@H](CCCCC)OCc1ccccc1)[C@@H](CC(OC)OC)OCc1ccccc1. The molecule has 0 aliphatic rings. The zero-order chi connectivity index (χ0) is 24.4. The molecule has 2 aromatic carbocycles. The summed E-state index contributed by atoms with van der Waals surface area (Å²) >= 11 is 0. The van der Waals surface area contributed by atoms with E-state index in [4.69, 9.17) is 18.9 Å². The average Bonchev–Trinajstić information content (AvgIpc) is 2.89. The molecule has 34 heavy (non-hydrogen) atoms. The van der Waals surface area contributed by atoms with Gasteiger partial charge in [0.2, 0.25) is 0 Å². The number of methoxy groups -OCH3 is 2. The fraction of sp³-hybridized carbons (Fsp3) is 0.467. The van der Waals surface area contributed by atoms with E-state index in [2.05, 4.69) is 49.9 Å². The largest absolute Gasteiger partial charge is 0.372 e. The molecular formula is C30H42O4. The summed E-state index contributed by atoms with van der Waals surface area (Å²) in [6, 6.07) is 20.5. The lowest BCUT2D eigenvalue weighted by molar-refractivity contribution is -0.134. The monoisotopic (exact) mass is 466 g/mol. The summed E-state index contributed by atoms with van der Waals surface area (Å²) in [7, 11) is 3.31. The lowest BCUT2D eigenvalue weighted by Gasteiger charge is -2.26. The predicted octanol–water partition coefficient (Wildman–Crippen LogP) is 7.10. The minimum atomic E-state index is -0.341. The third-order valence-electron chi connectivity index (χ3n) is 5.91. The Hall–Kier alpha value is -2.24. The number of rotatable bonds is 18. The first-order valence-electron chi connectivity index (χ1n) is 12.4. The summed E-state index contributed by atoms with van der Waals surface area (Å²) in [4.78, 5) is 0. The minimum Gasteiger partial charge on any atom is -0.372 e. The molecule has 0 amide bonds. The Bertz CT molecular complexity index is 786. The van der Waals surface area contributed by atoms with Crippen LogP contribution in [0.1, 0.15) is 50.2 Å². The summed E-state index contributed by atoms with van der Waals surface area (Å²) in [5, 5.41) is 0. The molecule has 0 aliphatic carbocycles. The van der Waals surface area contributed by atoms with Crippen molar-refractivity contribution in [1.29, 1.82) is 0 Å².